The molecule has 0 bridgehead atoms. The van der Waals surface area contributed by atoms with E-state index in [4.69, 9.17) is 5.73 Å². The van der Waals surface area contributed by atoms with E-state index in [1.54, 1.807) is 0 Å². The Bertz CT molecular complexity index is 390. The summed E-state index contributed by atoms with van der Waals surface area (Å²) in [5.41, 5.74) is 6.25. The van der Waals surface area contributed by atoms with Crippen molar-refractivity contribution >= 4 is 12.4 Å². The number of rotatable bonds is 3. The van der Waals surface area contributed by atoms with E-state index < -0.39 is 23.8 Å². The average Bonchev–Trinajstić information content (AvgIpc) is 2.37. The minimum atomic E-state index is -0.730. The predicted molar refractivity (Wildman–Crippen MR) is 73.1 cm³/mol. The van der Waals surface area contributed by atoms with Crippen LogP contribution in [-0.4, -0.2) is 11.2 Å². The maximum atomic E-state index is 13.1. The van der Waals surface area contributed by atoms with E-state index in [2.05, 4.69) is 0 Å². The Morgan fingerprint density at radius 2 is 1.58 bits per heavy atom. The minimum Gasteiger partial charge on any atom is -0.391 e. The summed E-state index contributed by atoms with van der Waals surface area (Å²) in [6.45, 7) is 0. The summed E-state index contributed by atoms with van der Waals surface area (Å²) in [6, 6.07) is 2.47. The molecule has 0 saturated heterocycles. The van der Waals surface area contributed by atoms with Crippen molar-refractivity contribution in [1.29, 1.82) is 0 Å². The van der Waals surface area contributed by atoms with Crippen LogP contribution in [0.3, 0.4) is 0 Å². The molecule has 19 heavy (non-hydrogen) atoms. The van der Waals surface area contributed by atoms with Gasteiger partial charge in [-0.05, 0) is 36.5 Å². The number of hydrogen-bond donors (Lipinski definition) is 2. The topological polar surface area (TPSA) is 46.2 Å². The van der Waals surface area contributed by atoms with Gasteiger partial charge in [-0.2, -0.15) is 0 Å². The van der Waals surface area contributed by atoms with Gasteiger partial charge in [-0.15, -0.1) is 12.4 Å². The number of aliphatic hydroxyl groups excluding tert-OH is 1. The van der Waals surface area contributed by atoms with Crippen LogP contribution in [0.15, 0.2) is 18.2 Å². The molecule has 0 unspecified atom stereocenters. The third-order valence-corrected chi connectivity index (χ3v) is 3.77. The van der Waals surface area contributed by atoms with Crippen LogP contribution < -0.4 is 5.73 Å². The standard InChI is InChI=1S/C14H19F2NO.ClH/c15-11-6-10(7-12(16)8-11)13(17)14(18)9-4-2-1-3-5-9;/h6-9,13-14,18H,1-5,17H2;1H/t13-,14+;/m0./s1. The van der Waals surface area contributed by atoms with E-state index in [9.17, 15) is 13.9 Å². The second-order valence-electron chi connectivity index (χ2n) is 5.12. The Labute approximate surface area is 118 Å². The van der Waals surface area contributed by atoms with Crippen molar-refractivity contribution in [3.8, 4) is 0 Å². The van der Waals surface area contributed by atoms with Gasteiger partial charge < -0.3 is 10.8 Å². The summed E-state index contributed by atoms with van der Waals surface area (Å²) in [4.78, 5) is 0. The van der Waals surface area contributed by atoms with Crippen molar-refractivity contribution in [1.82, 2.24) is 0 Å². The molecule has 1 aromatic carbocycles. The van der Waals surface area contributed by atoms with Crippen molar-refractivity contribution < 1.29 is 13.9 Å². The molecule has 0 radical (unpaired) electrons. The Balaban J connectivity index is 0.00000180. The summed E-state index contributed by atoms with van der Waals surface area (Å²) < 4.78 is 26.2. The van der Waals surface area contributed by atoms with Crippen LogP contribution in [0.4, 0.5) is 8.78 Å². The zero-order chi connectivity index (χ0) is 13.1. The molecule has 0 heterocycles. The van der Waals surface area contributed by atoms with Crippen LogP contribution in [0.2, 0.25) is 0 Å². The van der Waals surface area contributed by atoms with Gasteiger partial charge in [-0.3, -0.25) is 0 Å². The molecule has 1 saturated carbocycles. The lowest BCUT2D eigenvalue weighted by Crippen LogP contribution is -2.34. The van der Waals surface area contributed by atoms with Gasteiger partial charge in [0, 0.05) is 6.07 Å². The second kappa shape index (κ2) is 7.17. The van der Waals surface area contributed by atoms with Crippen molar-refractivity contribution in [3.05, 3.63) is 35.4 Å². The first-order chi connectivity index (χ1) is 8.58. The monoisotopic (exact) mass is 291 g/mol. The van der Waals surface area contributed by atoms with E-state index >= 15 is 0 Å². The Hall–Kier alpha value is -0.710. The van der Waals surface area contributed by atoms with E-state index in [0.717, 1.165) is 31.7 Å². The highest BCUT2D eigenvalue weighted by molar-refractivity contribution is 5.85. The maximum absolute atomic E-state index is 13.1. The number of halogens is 3. The normalized spacial score (nSPS) is 19.6. The van der Waals surface area contributed by atoms with Crippen molar-refractivity contribution in [2.45, 2.75) is 44.2 Å². The molecule has 0 spiro atoms. The average molecular weight is 292 g/mol. The zero-order valence-electron chi connectivity index (χ0n) is 10.7. The van der Waals surface area contributed by atoms with Crippen molar-refractivity contribution in [2.24, 2.45) is 11.7 Å². The van der Waals surface area contributed by atoms with Gasteiger partial charge in [0.1, 0.15) is 11.6 Å². The summed E-state index contributed by atoms with van der Waals surface area (Å²) >= 11 is 0. The summed E-state index contributed by atoms with van der Waals surface area (Å²) in [7, 11) is 0. The minimum absolute atomic E-state index is 0. The van der Waals surface area contributed by atoms with Gasteiger partial charge in [-0.1, -0.05) is 19.3 Å². The fourth-order valence-electron chi connectivity index (χ4n) is 2.73. The molecule has 1 aliphatic carbocycles. The molecular weight excluding hydrogens is 272 g/mol. The lowest BCUT2D eigenvalue weighted by Gasteiger charge is -2.30. The van der Waals surface area contributed by atoms with Crippen molar-refractivity contribution in [3.63, 3.8) is 0 Å². The molecule has 1 fully saturated rings. The van der Waals surface area contributed by atoms with Crippen LogP contribution in [0.25, 0.3) is 0 Å². The first kappa shape index (κ1) is 16.3. The van der Waals surface area contributed by atoms with Crippen LogP contribution in [0, 0.1) is 17.6 Å². The highest BCUT2D eigenvalue weighted by Gasteiger charge is 2.28. The highest BCUT2D eigenvalue weighted by atomic mass is 35.5. The number of benzene rings is 1. The molecule has 3 N–H and O–H groups in total. The largest absolute Gasteiger partial charge is 0.391 e. The number of aliphatic hydroxyl groups is 1. The highest BCUT2D eigenvalue weighted by Crippen LogP contribution is 2.31. The fourth-order valence-corrected chi connectivity index (χ4v) is 2.73. The van der Waals surface area contributed by atoms with Crippen LogP contribution in [0.1, 0.15) is 43.7 Å². The van der Waals surface area contributed by atoms with Crippen LogP contribution in [-0.2, 0) is 0 Å². The van der Waals surface area contributed by atoms with Crippen LogP contribution >= 0.6 is 12.4 Å². The van der Waals surface area contributed by atoms with Crippen molar-refractivity contribution in [2.75, 3.05) is 0 Å². The molecule has 0 amide bonds. The molecule has 2 atom stereocenters. The lowest BCUT2D eigenvalue weighted by molar-refractivity contribution is 0.0616. The molecule has 1 aliphatic rings. The molecule has 5 heteroatoms. The molecule has 0 aliphatic heterocycles. The summed E-state index contributed by atoms with van der Waals surface area (Å²) in [5, 5.41) is 10.2. The zero-order valence-corrected chi connectivity index (χ0v) is 11.5. The third kappa shape index (κ3) is 4.13. The van der Waals surface area contributed by atoms with Crippen LogP contribution in [0.5, 0.6) is 0 Å². The SMILES string of the molecule is Cl.N[C@@H](c1cc(F)cc(F)c1)[C@H](O)C1CCCCC1. The quantitative estimate of drug-likeness (QED) is 0.897. The van der Waals surface area contributed by atoms with E-state index in [0.29, 0.717) is 5.56 Å². The summed E-state index contributed by atoms with van der Waals surface area (Å²) in [5.74, 6) is -1.17. The molecular formula is C14H20ClF2NO. The van der Waals surface area contributed by atoms with Gasteiger partial charge in [0.15, 0.2) is 0 Å². The molecule has 1 aromatic rings. The smallest absolute Gasteiger partial charge is 0.126 e. The number of nitrogens with two attached hydrogens (primary N) is 1. The Morgan fingerprint density at radius 3 is 2.11 bits per heavy atom. The predicted octanol–water partition coefficient (Wildman–Crippen LogP) is 3.33. The summed E-state index contributed by atoms with van der Waals surface area (Å²) in [6.07, 6.45) is 4.51. The first-order valence-electron chi connectivity index (χ1n) is 6.47. The first-order valence-corrected chi connectivity index (χ1v) is 6.47. The second-order valence-corrected chi connectivity index (χ2v) is 5.12. The van der Waals surface area contributed by atoms with Gasteiger partial charge in [0.2, 0.25) is 0 Å². The molecule has 2 rings (SSSR count). The van der Waals surface area contributed by atoms with Gasteiger partial charge in [0.05, 0.1) is 12.1 Å². The number of hydrogen-bond acceptors (Lipinski definition) is 2. The van der Waals surface area contributed by atoms with E-state index in [1.165, 1.54) is 18.6 Å². The van der Waals surface area contributed by atoms with Gasteiger partial charge in [0.25, 0.3) is 0 Å². The Morgan fingerprint density at radius 1 is 1.05 bits per heavy atom. The molecule has 2 nitrogen and oxygen atoms in total. The lowest BCUT2D eigenvalue weighted by atomic mass is 9.81. The van der Waals surface area contributed by atoms with E-state index in [-0.39, 0.29) is 18.3 Å². The molecule has 108 valence electrons. The fraction of sp³-hybridized carbons (Fsp3) is 0.571. The maximum Gasteiger partial charge on any atom is 0.126 e. The molecule has 0 aromatic heterocycles. The van der Waals surface area contributed by atoms with Gasteiger partial charge in [-0.25, -0.2) is 8.78 Å². The Kier molecular flexibility index (Phi) is 6.17. The van der Waals surface area contributed by atoms with Gasteiger partial charge >= 0.3 is 0 Å². The third-order valence-electron chi connectivity index (χ3n) is 3.77. The van der Waals surface area contributed by atoms with E-state index in [1.807, 2.05) is 0 Å².